The van der Waals surface area contributed by atoms with E-state index in [0.29, 0.717) is 0 Å². The summed E-state index contributed by atoms with van der Waals surface area (Å²) in [5.74, 6) is 0. The summed E-state index contributed by atoms with van der Waals surface area (Å²) < 4.78 is 5.98. The van der Waals surface area contributed by atoms with Crippen LogP contribution >= 0.6 is 0 Å². The lowest BCUT2D eigenvalue weighted by atomic mass is 10.1. The molecule has 0 aliphatic carbocycles. The molecule has 0 saturated carbocycles. The molecule has 1 aromatic heterocycles. The topological polar surface area (TPSA) is 132 Å². The lowest BCUT2D eigenvalue weighted by Crippen LogP contribution is -2.44. The first kappa shape index (κ1) is 11.9. The second kappa shape index (κ2) is 4.37. The Morgan fingerprint density at radius 3 is 2.76 bits per heavy atom. The molecular formula is C8H11N3O6. The van der Waals surface area contributed by atoms with Crippen LogP contribution in [0.2, 0.25) is 0 Å². The Labute approximate surface area is 94.7 Å². The second-order valence-corrected chi connectivity index (χ2v) is 3.62. The summed E-state index contributed by atoms with van der Waals surface area (Å²) >= 11 is 0. The molecule has 94 valence electrons. The molecule has 0 aromatic carbocycles. The summed E-state index contributed by atoms with van der Waals surface area (Å²) in [4.78, 5) is 11.4. The van der Waals surface area contributed by atoms with E-state index < -0.39 is 36.8 Å². The maximum Gasteiger partial charge on any atom is 0.411 e. The molecule has 0 radical (unpaired) electrons. The van der Waals surface area contributed by atoms with Crippen LogP contribution in [0, 0.1) is 5.21 Å². The summed E-state index contributed by atoms with van der Waals surface area (Å²) in [5, 5.41) is 41.8. The Hall–Kier alpha value is -1.55. The van der Waals surface area contributed by atoms with E-state index in [4.69, 9.17) is 9.84 Å². The highest BCUT2D eigenvalue weighted by atomic mass is 16.6. The molecule has 0 amide bonds. The van der Waals surface area contributed by atoms with Crippen molar-refractivity contribution in [2.24, 2.45) is 0 Å². The predicted octanol–water partition coefficient (Wildman–Crippen LogP) is -3.51. The standard InChI is InChI=1S/C8H11N3O6/c12-3-4-5(13)6(14)7(17-4)10-1-2-11(16)9-8(10)15/h1-2,4-7,12-14H,3H2/t4-,5-,6-,7-/m0/s1. The van der Waals surface area contributed by atoms with Crippen molar-refractivity contribution in [1.29, 1.82) is 0 Å². The molecule has 1 saturated heterocycles. The fourth-order valence-corrected chi connectivity index (χ4v) is 1.67. The van der Waals surface area contributed by atoms with Gasteiger partial charge in [0.2, 0.25) is 6.20 Å². The first-order valence-electron chi connectivity index (χ1n) is 4.85. The van der Waals surface area contributed by atoms with Gasteiger partial charge in [0, 0.05) is 0 Å². The van der Waals surface area contributed by atoms with Gasteiger partial charge in [0.15, 0.2) is 6.23 Å². The van der Waals surface area contributed by atoms with Crippen LogP contribution in [0.25, 0.3) is 0 Å². The molecule has 0 spiro atoms. The maximum atomic E-state index is 11.4. The minimum absolute atomic E-state index is 0.0696. The lowest BCUT2D eigenvalue weighted by Gasteiger charge is -2.15. The van der Waals surface area contributed by atoms with Crippen LogP contribution in [0.15, 0.2) is 17.2 Å². The maximum absolute atomic E-state index is 11.4. The van der Waals surface area contributed by atoms with Gasteiger partial charge in [-0.25, -0.2) is 4.79 Å². The number of aromatic nitrogens is 3. The summed E-state index contributed by atoms with van der Waals surface area (Å²) in [6.07, 6.45) is -2.81. The number of hydrogen-bond acceptors (Lipinski definition) is 7. The smallest absolute Gasteiger partial charge is 0.411 e. The first-order valence-corrected chi connectivity index (χ1v) is 4.85. The van der Waals surface area contributed by atoms with Crippen molar-refractivity contribution < 1.29 is 24.9 Å². The van der Waals surface area contributed by atoms with Crippen molar-refractivity contribution in [2.75, 3.05) is 6.61 Å². The Bertz CT molecular complexity index is 463. The van der Waals surface area contributed by atoms with Crippen molar-refractivity contribution in [3.05, 3.63) is 28.1 Å². The number of aliphatic hydroxyl groups excluding tert-OH is 3. The van der Waals surface area contributed by atoms with Crippen molar-refractivity contribution >= 4 is 0 Å². The van der Waals surface area contributed by atoms with E-state index >= 15 is 0 Å². The Balaban J connectivity index is 2.32. The summed E-state index contributed by atoms with van der Waals surface area (Å²) in [5.41, 5.74) is -0.919. The van der Waals surface area contributed by atoms with Crippen molar-refractivity contribution in [3.63, 3.8) is 0 Å². The second-order valence-electron chi connectivity index (χ2n) is 3.62. The van der Waals surface area contributed by atoms with Crippen LogP contribution in [0.4, 0.5) is 0 Å². The number of aliphatic hydroxyl groups is 3. The number of nitrogens with zero attached hydrogens (tertiary/aromatic N) is 3. The Morgan fingerprint density at radius 1 is 1.53 bits per heavy atom. The summed E-state index contributed by atoms with van der Waals surface area (Å²) in [6.45, 7) is -0.495. The molecule has 17 heavy (non-hydrogen) atoms. The Kier molecular flexibility index (Phi) is 3.07. The zero-order valence-electron chi connectivity index (χ0n) is 8.58. The van der Waals surface area contributed by atoms with E-state index in [1.54, 1.807) is 0 Å². The minimum Gasteiger partial charge on any atom is -0.594 e. The largest absolute Gasteiger partial charge is 0.594 e. The van der Waals surface area contributed by atoms with Crippen molar-refractivity contribution in [2.45, 2.75) is 24.5 Å². The fraction of sp³-hybridized carbons (Fsp3) is 0.625. The van der Waals surface area contributed by atoms with Crippen molar-refractivity contribution in [1.82, 2.24) is 9.67 Å². The van der Waals surface area contributed by atoms with E-state index in [-0.39, 0.29) is 4.85 Å². The quantitative estimate of drug-likeness (QED) is 0.363. The van der Waals surface area contributed by atoms with Gasteiger partial charge in [0.1, 0.15) is 18.3 Å². The van der Waals surface area contributed by atoms with Crippen LogP contribution in [0.1, 0.15) is 6.23 Å². The number of hydrogen-bond donors (Lipinski definition) is 3. The van der Waals surface area contributed by atoms with Gasteiger partial charge in [-0.05, 0) is 0 Å². The van der Waals surface area contributed by atoms with E-state index in [1.165, 1.54) is 0 Å². The van der Waals surface area contributed by atoms with E-state index in [0.717, 1.165) is 17.0 Å². The third kappa shape index (κ3) is 2.00. The van der Waals surface area contributed by atoms with Crippen LogP contribution in [-0.2, 0) is 4.74 Å². The SMILES string of the molecule is O=c1n[n+]([O-])ccn1[C@H]1O[C@@H](CO)[C@H](O)[C@@H]1O. The minimum atomic E-state index is -1.38. The first-order chi connectivity index (χ1) is 8.04. The zero-order chi connectivity index (χ0) is 12.6. The lowest BCUT2D eigenvalue weighted by molar-refractivity contribution is -0.672. The third-order valence-electron chi connectivity index (χ3n) is 2.55. The van der Waals surface area contributed by atoms with Crippen molar-refractivity contribution in [3.8, 4) is 0 Å². The molecular weight excluding hydrogens is 234 g/mol. The van der Waals surface area contributed by atoms with Gasteiger partial charge in [-0.1, -0.05) is 4.85 Å². The highest BCUT2D eigenvalue weighted by Crippen LogP contribution is 2.27. The van der Waals surface area contributed by atoms with Crippen LogP contribution < -0.4 is 10.5 Å². The molecule has 4 atom stereocenters. The molecule has 9 nitrogen and oxygen atoms in total. The molecule has 9 heteroatoms. The molecule has 0 unspecified atom stereocenters. The molecule has 1 aromatic rings. The van der Waals surface area contributed by atoms with Crippen LogP contribution in [0.5, 0.6) is 0 Å². The highest BCUT2D eigenvalue weighted by Gasteiger charge is 2.44. The molecule has 1 fully saturated rings. The summed E-state index contributed by atoms with van der Waals surface area (Å²) in [7, 11) is 0. The predicted molar refractivity (Wildman–Crippen MR) is 50.5 cm³/mol. The van der Waals surface area contributed by atoms with Gasteiger partial charge in [-0.15, -0.1) is 0 Å². The molecule has 3 N–H and O–H groups in total. The molecule has 1 aliphatic heterocycles. The van der Waals surface area contributed by atoms with E-state index in [9.17, 15) is 20.2 Å². The molecule has 2 heterocycles. The van der Waals surface area contributed by atoms with Gasteiger partial charge in [0.05, 0.1) is 17.9 Å². The molecule has 0 bridgehead atoms. The zero-order valence-corrected chi connectivity index (χ0v) is 8.58. The summed E-state index contributed by atoms with van der Waals surface area (Å²) in [6, 6.07) is 0. The highest BCUT2D eigenvalue weighted by molar-refractivity contribution is 4.90. The van der Waals surface area contributed by atoms with Gasteiger partial charge in [0.25, 0.3) is 0 Å². The number of ether oxygens (including phenoxy) is 1. The third-order valence-corrected chi connectivity index (χ3v) is 2.55. The average Bonchev–Trinajstić information content (AvgIpc) is 2.57. The van der Waals surface area contributed by atoms with Gasteiger partial charge >= 0.3 is 5.69 Å². The monoisotopic (exact) mass is 245 g/mol. The average molecular weight is 245 g/mol. The van der Waals surface area contributed by atoms with Crippen LogP contribution in [0.3, 0.4) is 0 Å². The molecule has 1 aliphatic rings. The van der Waals surface area contributed by atoms with Crippen LogP contribution in [-0.4, -0.2) is 49.9 Å². The fourth-order valence-electron chi connectivity index (χ4n) is 1.67. The normalized spacial score (nSPS) is 32.9. The van der Waals surface area contributed by atoms with E-state index in [2.05, 4.69) is 5.10 Å². The number of rotatable bonds is 2. The molecule has 2 rings (SSSR count). The van der Waals surface area contributed by atoms with Gasteiger partial charge < -0.3 is 25.3 Å². The van der Waals surface area contributed by atoms with Gasteiger partial charge in [-0.2, -0.15) is 0 Å². The Morgan fingerprint density at radius 2 is 2.24 bits per heavy atom. The van der Waals surface area contributed by atoms with Gasteiger partial charge in [-0.3, -0.25) is 4.57 Å². The van der Waals surface area contributed by atoms with E-state index in [1.807, 2.05) is 0 Å².